The predicted molar refractivity (Wildman–Crippen MR) is 72.6 cm³/mol. The second-order valence-corrected chi connectivity index (χ2v) is 6.04. The van der Waals surface area contributed by atoms with Crippen LogP contribution in [0, 0.1) is 0 Å². The fourth-order valence-corrected chi connectivity index (χ4v) is 3.30. The van der Waals surface area contributed by atoms with Gasteiger partial charge in [-0.25, -0.2) is 0 Å². The van der Waals surface area contributed by atoms with E-state index in [4.69, 9.17) is 19.0 Å². The highest BCUT2D eigenvalue weighted by Crippen LogP contribution is 2.13. The molecule has 6 nitrogen and oxygen atoms in total. The van der Waals surface area contributed by atoms with Gasteiger partial charge in [-0.1, -0.05) is 6.92 Å². The van der Waals surface area contributed by atoms with Crippen LogP contribution in [0.4, 0.5) is 0 Å². The maximum Gasteiger partial charge on any atom is 0.677 e. The topological polar surface area (TPSA) is 86.0 Å². The summed E-state index contributed by atoms with van der Waals surface area (Å²) in [4.78, 5) is 10.2. The van der Waals surface area contributed by atoms with Crippen molar-refractivity contribution in [2.24, 2.45) is 5.73 Å². The van der Waals surface area contributed by atoms with Crippen LogP contribution >= 0.6 is 0 Å². The van der Waals surface area contributed by atoms with Crippen LogP contribution in [0.25, 0.3) is 0 Å². The maximum absolute atomic E-state index is 10.2. The number of nitrogens with one attached hydrogen (secondary N) is 1. The molecule has 4 N–H and O–H groups in total. The highest BCUT2D eigenvalue weighted by atomic mass is 28.4. The van der Waals surface area contributed by atoms with Gasteiger partial charge in [0.1, 0.15) is 0 Å². The first-order valence-electron chi connectivity index (χ1n) is 6.58. The van der Waals surface area contributed by atoms with Gasteiger partial charge in [0.25, 0.3) is 0 Å². The monoisotopic (exact) mass is 280 g/mol. The van der Waals surface area contributed by atoms with E-state index in [2.05, 4.69) is 5.32 Å². The van der Waals surface area contributed by atoms with Crippen molar-refractivity contribution >= 4 is 9.05 Å². The van der Waals surface area contributed by atoms with Crippen molar-refractivity contribution in [3.05, 3.63) is 0 Å². The number of hydrogen-bond acceptors (Lipinski definition) is 6. The molecule has 0 radical (unpaired) electrons. The molecule has 3 unspecified atom stereocenters. The first-order valence-corrected chi connectivity index (χ1v) is 8.25. The molecular weight excluding hydrogens is 252 g/mol. The van der Waals surface area contributed by atoms with Gasteiger partial charge in [-0.05, 0) is 34.1 Å². The maximum atomic E-state index is 10.2. The number of hydrogen-bond donors (Lipinski definition) is 3. The van der Waals surface area contributed by atoms with Gasteiger partial charge in [0.2, 0.25) is 0 Å². The van der Waals surface area contributed by atoms with Gasteiger partial charge in [-0.2, -0.15) is 0 Å². The number of nitrogens with two attached hydrogens (primary N) is 1. The Morgan fingerprint density at radius 1 is 1.17 bits per heavy atom. The van der Waals surface area contributed by atoms with Gasteiger partial charge >= 0.3 is 9.05 Å². The molecule has 18 heavy (non-hydrogen) atoms. The fourth-order valence-electron chi connectivity index (χ4n) is 1.71. The van der Waals surface area contributed by atoms with Crippen molar-refractivity contribution in [3.8, 4) is 0 Å². The molecule has 0 heterocycles. The lowest BCUT2D eigenvalue weighted by Gasteiger charge is -2.31. The summed E-state index contributed by atoms with van der Waals surface area (Å²) in [6.45, 7) is 10.1. The van der Waals surface area contributed by atoms with E-state index in [1.807, 2.05) is 20.8 Å². The molecule has 110 valence electrons. The van der Waals surface area contributed by atoms with Gasteiger partial charge in [0, 0.05) is 19.3 Å². The van der Waals surface area contributed by atoms with E-state index in [9.17, 15) is 4.80 Å². The SMILES string of the molecule is CCO[Si](O)(OCC)OC(C)C(CC)NC(C)N. The summed E-state index contributed by atoms with van der Waals surface area (Å²) in [7, 11) is -3.52. The Kier molecular flexibility index (Phi) is 8.96. The number of rotatable bonds is 10. The molecule has 0 bridgehead atoms. The summed E-state index contributed by atoms with van der Waals surface area (Å²) < 4.78 is 16.1. The lowest BCUT2D eigenvalue weighted by molar-refractivity contribution is -0.0338. The van der Waals surface area contributed by atoms with Crippen molar-refractivity contribution in [2.45, 2.75) is 59.4 Å². The molecule has 3 atom stereocenters. The van der Waals surface area contributed by atoms with E-state index < -0.39 is 9.05 Å². The van der Waals surface area contributed by atoms with E-state index in [-0.39, 0.29) is 18.3 Å². The van der Waals surface area contributed by atoms with E-state index in [0.29, 0.717) is 13.2 Å². The van der Waals surface area contributed by atoms with Crippen molar-refractivity contribution in [2.75, 3.05) is 13.2 Å². The van der Waals surface area contributed by atoms with Crippen LogP contribution < -0.4 is 11.1 Å². The Hall–Kier alpha value is -0.0231. The van der Waals surface area contributed by atoms with Crippen molar-refractivity contribution < 1.29 is 18.1 Å². The molecule has 0 aromatic rings. The summed E-state index contributed by atoms with van der Waals surface area (Å²) in [5.41, 5.74) is 5.71. The third-order valence-corrected chi connectivity index (χ3v) is 4.45. The molecule has 0 saturated carbocycles. The smallest absolute Gasteiger partial charge is 0.367 e. The molecule has 7 heteroatoms. The summed E-state index contributed by atoms with van der Waals surface area (Å²) >= 11 is 0. The highest BCUT2D eigenvalue weighted by Gasteiger charge is 2.43. The van der Waals surface area contributed by atoms with Gasteiger partial charge in [0.05, 0.1) is 12.3 Å². The van der Waals surface area contributed by atoms with Crippen LogP contribution in [-0.4, -0.2) is 45.4 Å². The predicted octanol–water partition coefficient (Wildman–Crippen LogP) is 0.565. The van der Waals surface area contributed by atoms with E-state index >= 15 is 0 Å². The fraction of sp³-hybridized carbons (Fsp3) is 1.00. The van der Waals surface area contributed by atoms with Gasteiger partial charge < -0.3 is 23.8 Å². The first kappa shape index (κ1) is 18.0. The average molecular weight is 280 g/mol. The van der Waals surface area contributed by atoms with E-state index in [1.165, 1.54) is 0 Å². The van der Waals surface area contributed by atoms with Crippen LogP contribution in [0.3, 0.4) is 0 Å². The van der Waals surface area contributed by atoms with Crippen LogP contribution in [0.2, 0.25) is 0 Å². The van der Waals surface area contributed by atoms with Gasteiger partial charge in [-0.15, -0.1) is 0 Å². The Morgan fingerprint density at radius 2 is 1.67 bits per heavy atom. The molecule has 0 amide bonds. The minimum atomic E-state index is -3.52. The molecule has 0 aliphatic carbocycles. The van der Waals surface area contributed by atoms with Gasteiger partial charge in [-0.3, -0.25) is 5.32 Å². The lowest BCUT2D eigenvalue weighted by Crippen LogP contribution is -2.54. The van der Waals surface area contributed by atoms with Crippen molar-refractivity contribution in [1.82, 2.24) is 5.32 Å². The first-order chi connectivity index (χ1) is 8.38. The molecule has 0 saturated heterocycles. The Morgan fingerprint density at radius 3 is 2.00 bits per heavy atom. The minimum Gasteiger partial charge on any atom is -0.367 e. The third kappa shape index (κ3) is 6.79. The van der Waals surface area contributed by atoms with E-state index in [1.54, 1.807) is 13.8 Å². The summed E-state index contributed by atoms with van der Waals surface area (Å²) in [6.07, 6.45) is 0.469. The normalized spacial score (nSPS) is 17.5. The summed E-state index contributed by atoms with van der Waals surface area (Å²) in [5, 5.41) is 3.19. The standard InChI is InChI=1S/C11H28N2O4Si/c1-6-11(13-10(5)12)9(4)17-18(14,15-7-2)16-8-3/h9-11,13-14H,6-8,12H2,1-5H3. The zero-order chi connectivity index (χ0) is 14.2. The molecule has 0 spiro atoms. The Labute approximate surface area is 111 Å². The molecule has 0 aliphatic rings. The third-order valence-electron chi connectivity index (χ3n) is 2.47. The summed E-state index contributed by atoms with van der Waals surface area (Å²) in [6, 6.07) is 0.0462. The van der Waals surface area contributed by atoms with Crippen molar-refractivity contribution in [1.29, 1.82) is 0 Å². The molecule has 0 aliphatic heterocycles. The zero-order valence-corrected chi connectivity index (χ0v) is 13.1. The van der Waals surface area contributed by atoms with Crippen molar-refractivity contribution in [3.63, 3.8) is 0 Å². The molecule has 0 aromatic heterocycles. The average Bonchev–Trinajstić information content (AvgIpc) is 2.25. The lowest BCUT2D eigenvalue weighted by atomic mass is 10.1. The summed E-state index contributed by atoms with van der Waals surface area (Å²) in [5.74, 6) is 0. The molecular formula is C11H28N2O4Si. The van der Waals surface area contributed by atoms with Crippen LogP contribution in [-0.2, 0) is 13.3 Å². The van der Waals surface area contributed by atoms with Crippen LogP contribution in [0.1, 0.15) is 41.0 Å². The van der Waals surface area contributed by atoms with Crippen LogP contribution in [0.5, 0.6) is 0 Å². The van der Waals surface area contributed by atoms with Gasteiger partial charge in [0.15, 0.2) is 0 Å². The van der Waals surface area contributed by atoms with Crippen LogP contribution in [0.15, 0.2) is 0 Å². The Balaban J connectivity index is 4.50. The minimum absolute atomic E-state index is 0.0462. The zero-order valence-electron chi connectivity index (χ0n) is 12.1. The quantitative estimate of drug-likeness (QED) is 0.400. The molecule has 0 rings (SSSR count). The highest BCUT2D eigenvalue weighted by molar-refractivity contribution is 6.52. The molecule has 0 aromatic carbocycles. The second-order valence-electron chi connectivity index (χ2n) is 4.18. The van der Waals surface area contributed by atoms with E-state index in [0.717, 1.165) is 6.42 Å². The largest absolute Gasteiger partial charge is 0.677 e. The second kappa shape index (κ2) is 8.97. The Bertz CT molecular complexity index is 213. The molecule has 0 fully saturated rings.